The minimum absolute atomic E-state index is 0.116. The lowest BCUT2D eigenvalue weighted by Crippen LogP contribution is -2.56. The molecule has 0 saturated heterocycles. The SMILES string of the molecule is CCC(C)C(NC(=O)OC(C)(C)C)C(=O)N(C1CC1)C(C(=O)NCC(=O)OC)c1cccc(C)c1O. The molecule has 10 nitrogen and oxygen atoms in total. The van der Waals surface area contributed by atoms with Gasteiger partial charge in [0.05, 0.1) is 7.11 Å². The molecule has 0 heterocycles. The van der Waals surface area contributed by atoms with Gasteiger partial charge in [0.1, 0.15) is 30.0 Å². The summed E-state index contributed by atoms with van der Waals surface area (Å²) >= 11 is 0. The number of rotatable bonds is 10. The Morgan fingerprint density at radius 1 is 1.19 bits per heavy atom. The normalized spacial score (nSPS) is 15.8. The van der Waals surface area contributed by atoms with Crippen molar-refractivity contribution in [3.05, 3.63) is 29.3 Å². The molecule has 36 heavy (non-hydrogen) atoms. The quantitative estimate of drug-likeness (QED) is 0.416. The van der Waals surface area contributed by atoms with Gasteiger partial charge in [0.25, 0.3) is 0 Å². The molecule has 0 bridgehead atoms. The van der Waals surface area contributed by atoms with Crippen LogP contribution in [0.1, 0.15) is 71.0 Å². The predicted molar refractivity (Wildman–Crippen MR) is 133 cm³/mol. The number of methoxy groups -OCH3 is 1. The number of hydrogen-bond acceptors (Lipinski definition) is 7. The van der Waals surface area contributed by atoms with E-state index in [1.807, 2.05) is 13.8 Å². The fourth-order valence-corrected chi connectivity index (χ4v) is 3.80. The number of carbonyl (C=O) groups is 4. The number of benzene rings is 1. The minimum atomic E-state index is -1.22. The molecule has 0 aromatic heterocycles. The standard InChI is InChI=1S/C26H39N3O7/c1-8-15(2)20(28-25(34)36-26(4,5)6)24(33)29(17-12-13-17)21(23(32)27-14-19(30)35-7)18-11-9-10-16(3)22(18)31/h9-11,15,17,20-21,31H,8,12-14H2,1-7H3,(H,27,32)(H,28,34). The number of hydrogen-bond donors (Lipinski definition) is 3. The molecule has 2 rings (SSSR count). The van der Waals surface area contributed by atoms with Gasteiger partial charge in [-0.05, 0) is 52.0 Å². The average Bonchev–Trinajstić information content (AvgIpc) is 3.64. The molecule has 1 aromatic carbocycles. The molecule has 1 aliphatic carbocycles. The maximum absolute atomic E-state index is 14.0. The first-order valence-corrected chi connectivity index (χ1v) is 12.2. The molecule has 3 atom stereocenters. The van der Waals surface area contributed by atoms with Gasteiger partial charge in [-0.2, -0.15) is 0 Å². The summed E-state index contributed by atoms with van der Waals surface area (Å²) in [5.74, 6) is -2.13. The first kappa shape index (κ1) is 28.9. The first-order chi connectivity index (χ1) is 16.8. The van der Waals surface area contributed by atoms with Gasteiger partial charge in [-0.1, -0.05) is 38.5 Å². The monoisotopic (exact) mass is 505 g/mol. The number of ether oxygens (including phenoxy) is 2. The lowest BCUT2D eigenvalue weighted by Gasteiger charge is -2.36. The summed E-state index contributed by atoms with van der Waals surface area (Å²) in [4.78, 5) is 53.2. The van der Waals surface area contributed by atoms with Crippen molar-refractivity contribution in [2.24, 2.45) is 5.92 Å². The van der Waals surface area contributed by atoms with E-state index in [0.717, 1.165) is 0 Å². The number of para-hydroxylation sites is 1. The van der Waals surface area contributed by atoms with Crippen molar-refractivity contribution in [2.45, 2.75) is 84.5 Å². The summed E-state index contributed by atoms with van der Waals surface area (Å²) in [6.07, 6.45) is 1.18. The van der Waals surface area contributed by atoms with Gasteiger partial charge in [-0.3, -0.25) is 14.4 Å². The molecule has 0 radical (unpaired) electrons. The minimum Gasteiger partial charge on any atom is -0.507 e. The zero-order chi connectivity index (χ0) is 27.2. The van der Waals surface area contributed by atoms with Crippen molar-refractivity contribution in [1.82, 2.24) is 15.5 Å². The van der Waals surface area contributed by atoms with Gasteiger partial charge in [-0.25, -0.2) is 4.79 Å². The molecule has 0 aliphatic heterocycles. The fourth-order valence-electron chi connectivity index (χ4n) is 3.80. The van der Waals surface area contributed by atoms with E-state index in [0.29, 0.717) is 24.8 Å². The number of nitrogens with zero attached hydrogens (tertiary/aromatic N) is 1. The van der Waals surface area contributed by atoms with E-state index >= 15 is 0 Å². The number of carbonyl (C=O) groups excluding carboxylic acids is 4. The molecule has 3 N–H and O–H groups in total. The molecule has 1 fully saturated rings. The first-order valence-electron chi connectivity index (χ1n) is 12.2. The number of nitrogens with one attached hydrogen (secondary N) is 2. The third-order valence-corrected chi connectivity index (χ3v) is 6.07. The smallest absolute Gasteiger partial charge is 0.408 e. The van der Waals surface area contributed by atoms with Crippen molar-refractivity contribution in [3.63, 3.8) is 0 Å². The number of aryl methyl sites for hydroxylation is 1. The summed E-state index contributed by atoms with van der Waals surface area (Å²) in [6, 6.07) is 2.50. The predicted octanol–water partition coefficient (Wildman–Crippen LogP) is 2.96. The maximum Gasteiger partial charge on any atom is 0.408 e. The number of amides is 3. The van der Waals surface area contributed by atoms with E-state index in [1.54, 1.807) is 45.9 Å². The number of esters is 1. The van der Waals surface area contributed by atoms with Crippen molar-refractivity contribution in [3.8, 4) is 5.75 Å². The van der Waals surface area contributed by atoms with Gasteiger partial charge >= 0.3 is 12.1 Å². The summed E-state index contributed by atoms with van der Waals surface area (Å²) in [5, 5.41) is 16.1. The van der Waals surface area contributed by atoms with Crippen molar-refractivity contribution >= 4 is 23.9 Å². The molecule has 3 unspecified atom stereocenters. The van der Waals surface area contributed by atoms with Crippen LogP contribution in [0.25, 0.3) is 0 Å². The van der Waals surface area contributed by atoms with Crippen LogP contribution < -0.4 is 10.6 Å². The highest BCUT2D eigenvalue weighted by atomic mass is 16.6. The van der Waals surface area contributed by atoms with Crippen LogP contribution in [-0.4, -0.2) is 65.2 Å². The molecule has 3 amide bonds. The Bertz CT molecular complexity index is 969. The Kier molecular flexibility index (Phi) is 9.72. The summed E-state index contributed by atoms with van der Waals surface area (Å²) < 4.78 is 10.0. The van der Waals surface area contributed by atoms with Crippen LogP contribution in [0.3, 0.4) is 0 Å². The highest BCUT2D eigenvalue weighted by molar-refractivity contribution is 5.94. The number of aromatic hydroxyl groups is 1. The van der Waals surface area contributed by atoms with E-state index in [9.17, 15) is 24.3 Å². The largest absolute Gasteiger partial charge is 0.507 e. The van der Waals surface area contributed by atoms with E-state index in [-0.39, 0.29) is 23.3 Å². The Morgan fingerprint density at radius 2 is 1.83 bits per heavy atom. The highest BCUT2D eigenvalue weighted by Crippen LogP contribution is 2.39. The second kappa shape index (κ2) is 12.1. The molecule has 200 valence electrons. The fraction of sp³-hybridized carbons (Fsp3) is 0.615. The molecule has 10 heteroatoms. The van der Waals surface area contributed by atoms with E-state index < -0.39 is 48.1 Å². The number of phenolic OH excluding ortho intramolecular Hbond substituents is 1. The molecular weight excluding hydrogens is 466 g/mol. The van der Waals surface area contributed by atoms with Gasteiger partial charge < -0.3 is 30.1 Å². The molecule has 1 aromatic rings. The second-order valence-corrected chi connectivity index (χ2v) is 10.2. The van der Waals surface area contributed by atoms with Gasteiger partial charge in [0.15, 0.2) is 0 Å². The Labute approximate surface area is 212 Å². The Hall–Kier alpha value is -3.30. The Morgan fingerprint density at radius 3 is 2.36 bits per heavy atom. The molecule has 1 saturated carbocycles. The number of alkyl carbamates (subject to hydrolysis) is 1. The Balaban J connectivity index is 2.51. The van der Waals surface area contributed by atoms with Crippen LogP contribution in [0.5, 0.6) is 5.75 Å². The summed E-state index contributed by atoms with van der Waals surface area (Å²) in [6.45, 7) is 10.2. The van der Waals surface area contributed by atoms with Crippen molar-refractivity contribution < 1.29 is 33.8 Å². The van der Waals surface area contributed by atoms with Crippen LogP contribution in [0, 0.1) is 12.8 Å². The highest BCUT2D eigenvalue weighted by Gasteiger charge is 2.45. The zero-order valence-corrected chi connectivity index (χ0v) is 22.2. The summed E-state index contributed by atoms with van der Waals surface area (Å²) in [7, 11) is 1.21. The van der Waals surface area contributed by atoms with Crippen LogP contribution in [0.4, 0.5) is 4.79 Å². The average molecular weight is 506 g/mol. The lowest BCUT2D eigenvalue weighted by molar-refractivity contribution is -0.145. The van der Waals surface area contributed by atoms with E-state index in [4.69, 9.17) is 4.74 Å². The third kappa shape index (κ3) is 7.60. The molecule has 1 aliphatic rings. The topological polar surface area (TPSA) is 134 Å². The lowest BCUT2D eigenvalue weighted by atomic mass is 9.94. The maximum atomic E-state index is 14.0. The van der Waals surface area contributed by atoms with Crippen molar-refractivity contribution in [2.75, 3.05) is 13.7 Å². The van der Waals surface area contributed by atoms with Crippen LogP contribution in [0.15, 0.2) is 18.2 Å². The van der Waals surface area contributed by atoms with Crippen molar-refractivity contribution in [1.29, 1.82) is 0 Å². The number of phenols is 1. The third-order valence-electron chi connectivity index (χ3n) is 6.07. The van der Waals surface area contributed by atoms with E-state index in [2.05, 4.69) is 15.4 Å². The zero-order valence-electron chi connectivity index (χ0n) is 22.2. The second-order valence-electron chi connectivity index (χ2n) is 10.2. The van der Waals surface area contributed by atoms with Gasteiger partial charge in [-0.15, -0.1) is 0 Å². The van der Waals surface area contributed by atoms with Gasteiger partial charge in [0.2, 0.25) is 11.8 Å². The van der Waals surface area contributed by atoms with Crippen LogP contribution in [0.2, 0.25) is 0 Å². The summed E-state index contributed by atoms with van der Waals surface area (Å²) in [5.41, 5.74) is 0.0112. The molecular formula is C26H39N3O7. The molecule has 0 spiro atoms. The van der Waals surface area contributed by atoms with Crippen LogP contribution >= 0.6 is 0 Å². The van der Waals surface area contributed by atoms with Gasteiger partial charge in [0, 0.05) is 11.6 Å². The van der Waals surface area contributed by atoms with Crippen LogP contribution in [-0.2, 0) is 23.9 Å². The van der Waals surface area contributed by atoms with E-state index in [1.165, 1.54) is 12.0 Å².